The number of nitro benzene ring substituents is 1. The Kier molecular flexibility index (Phi) is 9.38. The van der Waals surface area contributed by atoms with E-state index in [1.165, 1.54) is 34.1 Å². The van der Waals surface area contributed by atoms with Gasteiger partial charge in [-0.25, -0.2) is 4.79 Å². The molecule has 1 fully saturated rings. The number of hydrogen-bond donors (Lipinski definition) is 2. The van der Waals surface area contributed by atoms with Gasteiger partial charge in [0.1, 0.15) is 11.1 Å². The van der Waals surface area contributed by atoms with Crippen molar-refractivity contribution < 1.29 is 32.5 Å². The van der Waals surface area contributed by atoms with E-state index in [2.05, 4.69) is 10.6 Å². The van der Waals surface area contributed by atoms with Crippen LogP contribution in [0, 0.1) is 16.0 Å². The summed E-state index contributed by atoms with van der Waals surface area (Å²) >= 11 is 5.82. The fourth-order valence-electron chi connectivity index (χ4n) is 4.00. The third kappa shape index (κ3) is 7.37. The van der Waals surface area contributed by atoms with Crippen LogP contribution in [0.4, 0.5) is 29.3 Å². The number of halogens is 4. The highest BCUT2D eigenvalue weighted by molar-refractivity contribution is 6.32. The van der Waals surface area contributed by atoms with Crippen LogP contribution in [-0.2, 0) is 11.0 Å². The lowest BCUT2D eigenvalue weighted by Gasteiger charge is -2.37. The van der Waals surface area contributed by atoms with E-state index in [1.807, 2.05) is 6.92 Å². The van der Waals surface area contributed by atoms with Gasteiger partial charge >= 0.3 is 12.2 Å². The minimum atomic E-state index is -4.55. The number of nitrogens with one attached hydrogen (secondary N) is 2. The van der Waals surface area contributed by atoms with Crippen LogP contribution in [0.15, 0.2) is 42.5 Å². The molecule has 1 saturated heterocycles. The second kappa shape index (κ2) is 12.3. The van der Waals surface area contributed by atoms with Crippen LogP contribution in [0.3, 0.4) is 0 Å². The van der Waals surface area contributed by atoms with E-state index in [4.69, 9.17) is 11.6 Å². The van der Waals surface area contributed by atoms with Gasteiger partial charge in [0.05, 0.1) is 10.5 Å². The number of carbonyl (C=O) groups excluding carboxylic acids is 3. The Morgan fingerprint density at radius 1 is 1.08 bits per heavy atom. The van der Waals surface area contributed by atoms with Gasteiger partial charge < -0.3 is 20.4 Å². The molecule has 1 aliphatic rings. The van der Waals surface area contributed by atoms with Crippen molar-refractivity contribution >= 4 is 40.8 Å². The molecule has 1 aliphatic heterocycles. The summed E-state index contributed by atoms with van der Waals surface area (Å²) in [6.07, 6.45) is -3.99. The SMILES string of the molecule is CCC(C)C(NC(=O)c1ccc(Cl)c([N+](=O)[O-])c1)C(=O)N1CCN(C(=O)Nc2cccc(C(F)(F)F)c2)CC1. The van der Waals surface area contributed by atoms with E-state index in [0.717, 1.165) is 18.2 Å². The van der Waals surface area contributed by atoms with Crippen LogP contribution in [0.1, 0.15) is 36.2 Å². The normalized spacial score (nSPS) is 15.3. The highest BCUT2D eigenvalue weighted by Crippen LogP contribution is 2.31. The van der Waals surface area contributed by atoms with E-state index in [0.29, 0.717) is 6.42 Å². The average Bonchev–Trinajstić information content (AvgIpc) is 2.90. The number of piperazine rings is 1. The molecular formula is C25H27ClF3N5O5. The average molecular weight is 570 g/mol. The number of rotatable bonds is 7. The zero-order valence-corrected chi connectivity index (χ0v) is 21.9. The molecule has 14 heteroatoms. The summed E-state index contributed by atoms with van der Waals surface area (Å²) in [5.74, 6) is -1.32. The first kappa shape index (κ1) is 29.7. The Balaban J connectivity index is 1.64. The molecule has 1 heterocycles. The van der Waals surface area contributed by atoms with Gasteiger partial charge in [-0.3, -0.25) is 19.7 Å². The molecule has 2 unspecified atom stereocenters. The summed E-state index contributed by atoms with van der Waals surface area (Å²) in [6.45, 7) is 4.17. The predicted molar refractivity (Wildman–Crippen MR) is 137 cm³/mol. The van der Waals surface area contributed by atoms with E-state index >= 15 is 0 Å². The Bertz CT molecular complexity index is 1250. The molecule has 39 heavy (non-hydrogen) atoms. The van der Waals surface area contributed by atoms with Gasteiger partial charge in [0.25, 0.3) is 11.6 Å². The van der Waals surface area contributed by atoms with Crippen LogP contribution in [-0.4, -0.2) is 64.8 Å². The van der Waals surface area contributed by atoms with Crippen LogP contribution >= 0.6 is 11.6 Å². The quantitative estimate of drug-likeness (QED) is 0.366. The maximum atomic E-state index is 13.3. The predicted octanol–water partition coefficient (Wildman–Crippen LogP) is 4.79. The molecule has 210 valence electrons. The summed E-state index contributed by atoms with van der Waals surface area (Å²) in [6, 6.07) is 6.36. The number of nitro groups is 1. The van der Waals surface area contributed by atoms with Crippen molar-refractivity contribution in [2.75, 3.05) is 31.5 Å². The first-order chi connectivity index (χ1) is 18.3. The summed E-state index contributed by atoms with van der Waals surface area (Å²) in [5.41, 5.74) is -1.35. The van der Waals surface area contributed by atoms with Gasteiger partial charge in [-0.1, -0.05) is 37.9 Å². The number of benzene rings is 2. The smallest absolute Gasteiger partial charge is 0.340 e. The van der Waals surface area contributed by atoms with Gasteiger partial charge in [0.15, 0.2) is 0 Å². The van der Waals surface area contributed by atoms with E-state index in [-0.39, 0.29) is 54.3 Å². The second-order valence-electron chi connectivity index (χ2n) is 9.08. The standard InChI is InChI=1S/C25H27ClF3N5O5/c1-3-15(2)21(31-22(35)16-7-8-19(26)20(13-16)34(38)39)23(36)32-9-11-33(12-10-32)24(37)30-18-6-4-5-17(14-18)25(27,28)29/h4-8,13-15,21H,3,9-12H2,1-2H3,(H,30,37)(H,31,35). The molecule has 0 saturated carbocycles. The highest BCUT2D eigenvalue weighted by atomic mass is 35.5. The minimum absolute atomic E-state index is 0.00434. The Morgan fingerprint density at radius 3 is 2.31 bits per heavy atom. The minimum Gasteiger partial charge on any atom is -0.340 e. The molecule has 0 aromatic heterocycles. The summed E-state index contributed by atoms with van der Waals surface area (Å²) in [7, 11) is 0. The van der Waals surface area contributed by atoms with Crippen molar-refractivity contribution in [1.29, 1.82) is 0 Å². The van der Waals surface area contributed by atoms with Gasteiger partial charge in [-0.2, -0.15) is 13.2 Å². The summed E-state index contributed by atoms with van der Waals surface area (Å²) in [5, 5.41) is 16.2. The molecule has 4 amide bonds. The van der Waals surface area contributed by atoms with E-state index < -0.39 is 40.3 Å². The summed E-state index contributed by atoms with van der Waals surface area (Å²) < 4.78 is 38.8. The Hall–Kier alpha value is -3.87. The zero-order chi connectivity index (χ0) is 28.9. The van der Waals surface area contributed by atoms with Crippen molar-refractivity contribution in [3.05, 3.63) is 68.7 Å². The fraction of sp³-hybridized carbons (Fsp3) is 0.400. The molecular weight excluding hydrogens is 543 g/mol. The van der Waals surface area contributed by atoms with Crippen LogP contribution < -0.4 is 10.6 Å². The van der Waals surface area contributed by atoms with Crippen molar-refractivity contribution in [3.63, 3.8) is 0 Å². The Morgan fingerprint density at radius 2 is 1.72 bits per heavy atom. The van der Waals surface area contributed by atoms with Crippen molar-refractivity contribution in [2.24, 2.45) is 5.92 Å². The molecule has 2 atom stereocenters. The van der Waals surface area contributed by atoms with E-state index in [1.54, 1.807) is 6.92 Å². The van der Waals surface area contributed by atoms with Gasteiger partial charge in [0.2, 0.25) is 5.91 Å². The number of alkyl halides is 3. The molecule has 10 nitrogen and oxygen atoms in total. The van der Waals surface area contributed by atoms with Gasteiger partial charge in [0, 0.05) is 43.5 Å². The molecule has 0 radical (unpaired) electrons. The number of anilines is 1. The monoisotopic (exact) mass is 569 g/mol. The molecule has 0 aliphatic carbocycles. The largest absolute Gasteiger partial charge is 0.416 e. The fourth-order valence-corrected chi connectivity index (χ4v) is 4.19. The van der Waals surface area contributed by atoms with Crippen LogP contribution in [0.5, 0.6) is 0 Å². The summed E-state index contributed by atoms with van der Waals surface area (Å²) in [4.78, 5) is 52.2. The molecule has 2 N–H and O–H groups in total. The van der Waals surface area contributed by atoms with Crippen molar-refractivity contribution in [1.82, 2.24) is 15.1 Å². The Labute approximate surface area is 227 Å². The lowest BCUT2D eigenvalue weighted by Crippen LogP contribution is -2.57. The number of carbonyl (C=O) groups is 3. The first-order valence-corrected chi connectivity index (χ1v) is 12.5. The zero-order valence-electron chi connectivity index (χ0n) is 21.1. The number of urea groups is 1. The molecule has 3 rings (SSSR count). The molecule has 2 aromatic rings. The molecule has 2 aromatic carbocycles. The lowest BCUT2D eigenvalue weighted by molar-refractivity contribution is -0.384. The van der Waals surface area contributed by atoms with E-state index in [9.17, 15) is 37.7 Å². The lowest BCUT2D eigenvalue weighted by atomic mass is 9.97. The van der Waals surface area contributed by atoms with Crippen molar-refractivity contribution in [2.45, 2.75) is 32.5 Å². The number of nitrogens with zero attached hydrogens (tertiary/aromatic N) is 3. The maximum Gasteiger partial charge on any atom is 0.416 e. The van der Waals surface area contributed by atoms with Crippen LogP contribution in [0.25, 0.3) is 0 Å². The van der Waals surface area contributed by atoms with Gasteiger partial charge in [-0.05, 0) is 36.2 Å². The number of hydrogen-bond acceptors (Lipinski definition) is 5. The third-order valence-electron chi connectivity index (χ3n) is 6.49. The highest BCUT2D eigenvalue weighted by Gasteiger charge is 2.34. The number of amides is 4. The molecule has 0 spiro atoms. The third-order valence-corrected chi connectivity index (χ3v) is 6.81. The second-order valence-corrected chi connectivity index (χ2v) is 9.49. The van der Waals surface area contributed by atoms with Crippen LogP contribution in [0.2, 0.25) is 5.02 Å². The first-order valence-electron chi connectivity index (χ1n) is 12.1. The van der Waals surface area contributed by atoms with Gasteiger partial charge in [-0.15, -0.1) is 0 Å². The maximum absolute atomic E-state index is 13.3. The topological polar surface area (TPSA) is 125 Å². The van der Waals surface area contributed by atoms with Crippen molar-refractivity contribution in [3.8, 4) is 0 Å². The molecule has 0 bridgehead atoms.